The summed E-state index contributed by atoms with van der Waals surface area (Å²) in [5.41, 5.74) is -0.623. The van der Waals surface area contributed by atoms with Gasteiger partial charge in [-0.05, 0) is 27.3 Å². The minimum absolute atomic E-state index is 0.224. The van der Waals surface area contributed by atoms with Crippen molar-refractivity contribution in [3.63, 3.8) is 0 Å². The Labute approximate surface area is 74.3 Å². The molecule has 1 unspecified atom stereocenters. The predicted octanol–water partition coefficient (Wildman–Crippen LogP) is 0.476. The quantitative estimate of drug-likeness (QED) is 0.659. The van der Waals surface area contributed by atoms with Gasteiger partial charge in [0.2, 0.25) is 0 Å². The monoisotopic (exact) mass is 173 g/mol. The first-order chi connectivity index (χ1) is 5.45. The molecule has 0 aromatic rings. The lowest BCUT2D eigenvalue weighted by Gasteiger charge is -2.30. The molecule has 1 aliphatic rings. The van der Waals surface area contributed by atoms with Gasteiger partial charge in [-0.1, -0.05) is 0 Å². The first kappa shape index (κ1) is 9.96. The van der Waals surface area contributed by atoms with Gasteiger partial charge in [0, 0.05) is 19.7 Å². The molecule has 1 rings (SSSR count). The third-order valence-electron chi connectivity index (χ3n) is 2.66. The molecule has 0 aromatic heterocycles. The number of methoxy groups -OCH3 is 1. The summed E-state index contributed by atoms with van der Waals surface area (Å²) in [4.78, 5) is 2.16. The molecule has 1 N–H and O–H groups in total. The van der Waals surface area contributed by atoms with Crippen LogP contribution in [0.25, 0.3) is 0 Å². The Morgan fingerprint density at radius 2 is 2.08 bits per heavy atom. The maximum Gasteiger partial charge on any atom is 0.0747 e. The van der Waals surface area contributed by atoms with E-state index in [2.05, 4.69) is 4.90 Å². The van der Waals surface area contributed by atoms with Crippen molar-refractivity contribution in [3.8, 4) is 0 Å². The van der Waals surface area contributed by atoms with Crippen molar-refractivity contribution >= 4 is 0 Å². The summed E-state index contributed by atoms with van der Waals surface area (Å²) in [5, 5.41) is 9.80. The predicted molar refractivity (Wildman–Crippen MR) is 48.1 cm³/mol. The summed E-state index contributed by atoms with van der Waals surface area (Å²) in [7, 11) is 3.76. The van der Waals surface area contributed by atoms with Crippen LogP contribution in [0.1, 0.15) is 20.3 Å². The minimum atomic E-state index is -0.623. The van der Waals surface area contributed by atoms with Crippen LogP contribution < -0.4 is 0 Å². The van der Waals surface area contributed by atoms with Crippen LogP contribution in [0.5, 0.6) is 0 Å². The Balaban J connectivity index is 2.58. The minimum Gasteiger partial charge on any atom is -0.389 e. The van der Waals surface area contributed by atoms with Crippen LogP contribution in [-0.2, 0) is 4.74 Å². The van der Waals surface area contributed by atoms with E-state index in [1.54, 1.807) is 7.11 Å². The van der Waals surface area contributed by atoms with Gasteiger partial charge in [-0.2, -0.15) is 0 Å². The number of rotatable bonds is 2. The van der Waals surface area contributed by atoms with Gasteiger partial charge in [0.05, 0.1) is 11.7 Å². The van der Waals surface area contributed by atoms with E-state index in [-0.39, 0.29) is 12.1 Å². The lowest BCUT2D eigenvalue weighted by Crippen LogP contribution is -2.43. The molecule has 0 radical (unpaired) electrons. The van der Waals surface area contributed by atoms with Crippen molar-refractivity contribution in [3.05, 3.63) is 0 Å². The second-order valence-corrected chi connectivity index (χ2v) is 4.20. The number of aliphatic hydroxyl groups is 1. The zero-order valence-corrected chi connectivity index (χ0v) is 8.37. The van der Waals surface area contributed by atoms with E-state index in [0.717, 1.165) is 13.0 Å². The van der Waals surface area contributed by atoms with E-state index < -0.39 is 5.60 Å². The molecular weight excluding hydrogens is 154 g/mol. The highest BCUT2D eigenvalue weighted by Crippen LogP contribution is 2.26. The standard InChI is InChI=1S/C9H19NO2/c1-9(2,11)8-5-7(12-4)6-10(8)3/h7-8,11H,5-6H2,1-4H3/t7-,8?/m0/s1. The Hall–Kier alpha value is -0.120. The molecule has 2 atom stereocenters. The summed E-state index contributed by atoms with van der Waals surface area (Å²) < 4.78 is 5.25. The Kier molecular flexibility index (Phi) is 2.76. The smallest absolute Gasteiger partial charge is 0.0747 e. The van der Waals surface area contributed by atoms with Crippen LogP contribution >= 0.6 is 0 Å². The lowest BCUT2D eigenvalue weighted by atomic mass is 9.96. The molecule has 1 fully saturated rings. The summed E-state index contributed by atoms with van der Waals surface area (Å²) >= 11 is 0. The second kappa shape index (κ2) is 3.32. The molecule has 0 saturated carbocycles. The van der Waals surface area contributed by atoms with Crippen LogP contribution in [0.3, 0.4) is 0 Å². The molecule has 1 aliphatic heterocycles. The van der Waals surface area contributed by atoms with Gasteiger partial charge < -0.3 is 9.84 Å². The van der Waals surface area contributed by atoms with Gasteiger partial charge in [-0.15, -0.1) is 0 Å². The van der Waals surface area contributed by atoms with E-state index in [1.807, 2.05) is 20.9 Å². The first-order valence-electron chi connectivity index (χ1n) is 4.40. The molecule has 0 aromatic carbocycles. The molecule has 1 saturated heterocycles. The van der Waals surface area contributed by atoms with E-state index in [0.29, 0.717) is 0 Å². The van der Waals surface area contributed by atoms with Gasteiger partial charge in [0.25, 0.3) is 0 Å². The fourth-order valence-electron chi connectivity index (χ4n) is 1.95. The second-order valence-electron chi connectivity index (χ2n) is 4.20. The number of likely N-dealkylation sites (tertiary alicyclic amines) is 1. The molecule has 3 heteroatoms. The molecule has 72 valence electrons. The Morgan fingerprint density at radius 1 is 1.50 bits per heavy atom. The van der Waals surface area contributed by atoms with Crippen LogP contribution in [0.4, 0.5) is 0 Å². The maximum absolute atomic E-state index is 9.80. The van der Waals surface area contributed by atoms with Crippen LogP contribution in [0.2, 0.25) is 0 Å². The normalized spacial score (nSPS) is 32.8. The highest BCUT2D eigenvalue weighted by Gasteiger charge is 2.38. The van der Waals surface area contributed by atoms with Gasteiger partial charge in [-0.25, -0.2) is 0 Å². The van der Waals surface area contributed by atoms with Crippen molar-refractivity contribution < 1.29 is 9.84 Å². The Bertz CT molecular complexity index is 153. The van der Waals surface area contributed by atoms with Gasteiger partial charge in [0.15, 0.2) is 0 Å². The van der Waals surface area contributed by atoms with Gasteiger partial charge >= 0.3 is 0 Å². The molecule has 1 heterocycles. The van der Waals surface area contributed by atoms with Crippen LogP contribution in [0.15, 0.2) is 0 Å². The largest absolute Gasteiger partial charge is 0.389 e. The molecule has 12 heavy (non-hydrogen) atoms. The summed E-state index contributed by atoms with van der Waals surface area (Å²) in [5.74, 6) is 0. The first-order valence-corrected chi connectivity index (χ1v) is 4.40. The third-order valence-corrected chi connectivity index (χ3v) is 2.66. The highest BCUT2D eigenvalue weighted by atomic mass is 16.5. The van der Waals surface area contributed by atoms with Gasteiger partial charge in [0.1, 0.15) is 0 Å². The van der Waals surface area contributed by atoms with Crippen molar-refractivity contribution in [2.24, 2.45) is 0 Å². The lowest BCUT2D eigenvalue weighted by molar-refractivity contribution is 0.00496. The van der Waals surface area contributed by atoms with Gasteiger partial charge in [-0.3, -0.25) is 4.90 Å². The summed E-state index contributed by atoms with van der Waals surface area (Å²) in [6.07, 6.45) is 1.21. The zero-order valence-electron chi connectivity index (χ0n) is 8.37. The molecule has 0 bridgehead atoms. The maximum atomic E-state index is 9.80. The molecule has 0 spiro atoms. The molecule has 0 aliphatic carbocycles. The number of nitrogens with zero attached hydrogens (tertiary/aromatic N) is 1. The molecular formula is C9H19NO2. The van der Waals surface area contributed by atoms with Crippen LogP contribution in [0, 0.1) is 0 Å². The van der Waals surface area contributed by atoms with E-state index >= 15 is 0 Å². The van der Waals surface area contributed by atoms with E-state index in [1.165, 1.54) is 0 Å². The van der Waals surface area contributed by atoms with E-state index in [9.17, 15) is 5.11 Å². The molecule has 0 amide bonds. The summed E-state index contributed by atoms with van der Waals surface area (Å²) in [6.45, 7) is 4.63. The topological polar surface area (TPSA) is 32.7 Å². The number of hydrogen-bond donors (Lipinski definition) is 1. The summed E-state index contributed by atoms with van der Waals surface area (Å²) in [6, 6.07) is 0.224. The fraction of sp³-hybridized carbons (Fsp3) is 1.00. The highest BCUT2D eigenvalue weighted by molar-refractivity contribution is 4.93. The van der Waals surface area contributed by atoms with Crippen molar-refractivity contribution in [2.45, 2.75) is 38.0 Å². The third kappa shape index (κ3) is 1.97. The zero-order chi connectivity index (χ0) is 9.35. The Morgan fingerprint density at radius 3 is 2.33 bits per heavy atom. The van der Waals surface area contributed by atoms with Crippen molar-refractivity contribution in [1.29, 1.82) is 0 Å². The van der Waals surface area contributed by atoms with Crippen molar-refractivity contribution in [1.82, 2.24) is 4.90 Å². The fourth-order valence-corrected chi connectivity index (χ4v) is 1.95. The average Bonchev–Trinajstić information content (AvgIpc) is 2.29. The number of hydrogen-bond acceptors (Lipinski definition) is 3. The number of ether oxygens (including phenoxy) is 1. The van der Waals surface area contributed by atoms with Crippen molar-refractivity contribution in [2.75, 3.05) is 20.7 Å². The average molecular weight is 173 g/mol. The van der Waals surface area contributed by atoms with E-state index in [4.69, 9.17) is 4.74 Å². The molecule has 3 nitrogen and oxygen atoms in total. The number of likely N-dealkylation sites (N-methyl/N-ethyl adjacent to an activating group) is 1. The van der Waals surface area contributed by atoms with Crippen LogP contribution in [-0.4, -0.2) is 48.5 Å². The SMILES string of the molecule is CO[C@H]1CC(C(C)(C)O)N(C)C1.